The van der Waals surface area contributed by atoms with Gasteiger partial charge in [-0.1, -0.05) is 48.5 Å². The van der Waals surface area contributed by atoms with Gasteiger partial charge in [-0.3, -0.25) is 9.78 Å². The van der Waals surface area contributed by atoms with Crippen LogP contribution in [0.15, 0.2) is 104 Å². The minimum Gasteiger partial charge on any atom is -0.439 e. The molecule has 1 unspecified atom stereocenters. The van der Waals surface area contributed by atoms with Crippen LogP contribution in [0.5, 0.6) is 11.6 Å². The molecule has 1 amide bonds. The van der Waals surface area contributed by atoms with E-state index in [2.05, 4.69) is 15.3 Å². The number of rotatable bonds is 6. The third-order valence-electron chi connectivity index (χ3n) is 4.41. The summed E-state index contributed by atoms with van der Waals surface area (Å²) in [5.41, 5.74) is 2.40. The van der Waals surface area contributed by atoms with E-state index >= 15 is 0 Å². The van der Waals surface area contributed by atoms with E-state index < -0.39 is 0 Å². The molecule has 5 nitrogen and oxygen atoms in total. The van der Waals surface area contributed by atoms with E-state index in [9.17, 15) is 4.79 Å². The van der Waals surface area contributed by atoms with Crippen LogP contribution in [-0.4, -0.2) is 15.9 Å². The Labute approximate surface area is 169 Å². The number of carbonyl (C=O) groups is 1. The van der Waals surface area contributed by atoms with Crippen molar-refractivity contribution in [1.29, 1.82) is 0 Å². The molecule has 0 fully saturated rings. The second kappa shape index (κ2) is 8.80. The first-order valence-corrected chi connectivity index (χ1v) is 9.24. The fourth-order valence-corrected chi connectivity index (χ4v) is 2.96. The van der Waals surface area contributed by atoms with Gasteiger partial charge in [0, 0.05) is 24.7 Å². The third-order valence-corrected chi connectivity index (χ3v) is 4.41. The molecule has 0 saturated heterocycles. The number of hydrogen-bond acceptors (Lipinski definition) is 4. The number of ether oxygens (including phenoxy) is 1. The van der Waals surface area contributed by atoms with E-state index in [1.54, 1.807) is 24.5 Å². The van der Waals surface area contributed by atoms with Gasteiger partial charge in [-0.2, -0.15) is 0 Å². The molecule has 2 heterocycles. The highest BCUT2D eigenvalue weighted by molar-refractivity contribution is 5.94. The molecule has 0 aliphatic carbocycles. The molecule has 142 valence electrons. The first-order valence-electron chi connectivity index (χ1n) is 9.24. The van der Waals surface area contributed by atoms with Crippen molar-refractivity contribution < 1.29 is 9.53 Å². The van der Waals surface area contributed by atoms with Gasteiger partial charge in [0.05, 0.1) is 11.6 Å². The van der Waals surface area contributed by atoms with Gasteiger partial charge in [0.2, 0.25) is 5.88 Å². The summed E-state index contributed by atoms with van der Waals surface area (Å²) in [5.74, 6) is 0.912. The summed E-state index contributed by atoms with van der Waals surface area (Å²) in [6, 6.07) is 26.1. The highest BCUT2D eigenvalue weighted by Gasteiger charge is 2.18. The maximum atomic E-state index is 12.9. The topological polar surface area (TPSA) is 64.1 Å². The van der Waals surface area contributed by atoms with Crippen LogP contribution >= 0.6 is 0 Å². The van der Waals surface area contributed by atoms with E-state index in [1.165, 1.54) is 6.20 Å². The lowest BCUT2D eigenvalue weighted by atomic mass is 9.99. The molecule has 5 heteroatoms. The first kappa shape index (κ1) is 18.4. The zero-order valence-electron chi connectivity index (χ0n) is 15.6. The summed E-state index contributed by atoms with van der Waals surface area (Å²) in [5, 5.41) is 3.09. The molecule has 29 heavy (non-hydrogen) atoms. The van der Waals surface area contributed by atoms with Crippen LogP contribution in [0.3, 0.4) is 0 Å². The summed E-state index contributed by atoms with van der Waals surface area (Å²) in [6.45, 7) is 0. The standard InChI is InChI=1S/C24H19N3O2/c28-24(20-11-12-22(26-17-20)29-21-9-5-2-6-10-21)27-23(18-7-3-1-4-8-18)19-13-15-25-16-14-19/h1-17,23H,(H,27,28). The largest absolute Gasteiger partial charge is 0.439 e. The van der Waals surface area contributed by atoms with Crippen molar-refractivity contribution in [3.8, 4) is 11.6 Å². The number of para-hydroxylation sites is 1. The smallest absolute Gasteiger partial charge is 0.253 e. The van der Waals surface area contributed by atoms with Crippen LogP contribution in [-0.2, 0) is 0 Å². The molecule has 0 aliphatic rings. The van der Waals surface area contributed by atoms with Crippen LogP contribution in [0.4, 0.5) is 0 Å². The Balaban J connectivity index is 1.52. The van der Waals surface area contributed by atoms with Crippen molar-refractivity contribution in [2.75, 3.05) is 0 Å². The van der Waals surface area contributed by atoms with Crippen molar-refractivity contribution in [2.45, 2.75) is 6.04 Å². The molecular weight excluding hydrogens is 362 g/mol. The summed E-state index contributed by atoms with van der Waals surface area (Å²) >= 11 is 0. The van der Waals surface area contributed by atoms with Gasteiger partial charge in [-0.15, -0.1) is 0 Å². The summed E-state index contributed by atoms with van der Waals surface area (Å²) < 4.78 is 5.68. The van der Waals surface area contributed by atoms with Crippen molar-refractivity contribution in [2.24, 2.45) is 0 Å². The Kier molecular flexibility index (Phi) is 5.58. The van der Waals surface area contributed by atoms with Gasteiger partial charge >= 0.3 is 0 Å². The second-order valence-electron chi connectivity index (χ2n) is 6.40. The molecule has 0 bridgehead atoms. The maximum Gasteiger partial charge on any atom is 0.253 e. The highest BCUT2D eigenvalue weighted by Crippen LogP contribution is 2.23. The number of nitrogens with zero attached hydrogens (tertiary/aromatic N) is 2. The lowest BCUT2D eigenvalue weighted by molar-refractivity contribution is 0.0942. The Hall–Kier alpha value is -3.99. The van der Waals surface area contributed by atoms with E-state index in [0.29, 0.717) is 17.2 Å². The lowest BCUT2D eigenvalue weighted by Gasteiger charge is -2.19. The number of pyridine rings is 2. The zero-order valence-corrected chi connectivity index (χ0v) is 15.6. The van der Waals surface area contributed by atoms with Gasteiger partial charge in [0.1, 0.15) is 5.75 Å². The second-order valence-corrected chi connectivity index (χ2v) is 6.40. The molecule has 4 rings (SSSR count). The van der Waals surface area contributed by atoms with Crippen molar-refractivity contribution >= 4 is 5.91 Å². The molecule has 2 aromatic heterocycles. The first-order chi connectivity index (χ1) is 14.3. The molecule has 1 atom stereocenters. The molecule has 0 radical (unpaired) electrons. The van der Waals surface area contributed by atoms with Crippen LogP contribution in [0, 0.1) is 0 Å². The average molecular weight is 381 g/mol. The number of benzene rings is 2. The van der Waals surface area contributed by atoms with E-state index in [4.69, 9.17) is 4.74 Å². The Morgan fingerprint density at radius 1 is 0.793 bits per heavy atom. The fourth-order valence-electron chi connectivity index (χ4n) is 2.96. The van der Waals surface area contributed by atoms with Crippen molar-refractivity contribution in [3.05, 3.63) is 120 Å². The van der Waals surface area contributed by atoms with E-state index in [0.717, 1.165) is 11.1 Å². The molecule has 0 aliphatic heterocycles. The van der Waals surface area contributed by atoms with Gasteiger partial charge in [0.25, 0.3) is 5.91 Å². The van der Waals surface area contributed by atoms with Gasteiger partial charge in [0.15, 0.2) is 0 Å². The van der Waals surface area contributed by atoms with Gasteiger partial charge in [-0.05, 0) is 41.5 Å². The number of amides is 1. The number of hydrogen-bond donors (Lipinski definition) is 1. The van der Waals surface area contributed by atoms with Crippen molar-refractivity contribution in [3.63, 3.8) is 0 Å². The molecular formula is C24H19N3O2. The molecule has 2 aromatic carbocycles. The maximum absolute atomic E-state index is 12.9. The lowest BCUT2D eigenvalue weighted by Crippen LogP contribution is -2.29. The predicted octanol–water partition coefficient (Wildman–Crippen LogP) is 4.79. The Morgan fingerprint density at radius 2 is 1.45 bits per heavy atom. The minimum absolute atomic E-state index is 0.213. The molecule has 1 N–H and O–H groups in total. The fraction of sp³-hybridized carbons (Fsp3) is 0.0417. The quantitative estimate of drug-likeness (QED) is 0.522. The highest BCUT2D eigenvalue weighted by atomic mass is 16.5. The normalized spacial score (nSPS) is 11.4. The van der Waals surface area contributed by atoms with Crippen LogP contribution in [0.25, 0.3) is 0 Å². The monoisotopic (exact) mass is 381 g/mol. The van der Waals surface area contributed by atoms with Crippen LogP contribution < -0.4 is 10.1 Å². The predicted molar refractivity (Wildman–Crippen MR) is 111 cm³/mol. The Bertz CT molecular complexity index is 1010. The van der Waals surface area contributed by atoms with Crippen LogP contribution in [0.1, 0.15) is 27.5 Å². The molecule has 0 spiro atoms. The van der Waals surface area contributed by atoms with Crippen molar-refractivity contribution in [1.82, 2.24) is 15.3 Å². The summed E-state index contributed by atoms with van der Waals surface area (Å²) in [7, 11) is 0. The number of nitrogens with one attached hydrogen (secondary N) is 1. The summed E-state index contributed by atoms with van der Waals surface area (Å²) in [6.07, 6.45) is 4.95. The van der Waals surface area contributed by atoms with Gasteiger partial charge in [-0.25, -0.2) is 4.98 Å². The molecule has 4 aromatic rings. The Morgan fingerprint density at radius 3 is 2.10 bits per heavy atom. The zero-order chi connectivity index (χ0) is 19.9. The average Bonchev–Trinajstić information content (AvgIpc) is 2.80. The SMILES string of the molecule is O=C(NC(c1ccccc1)c1ccncc1)c1ccc(Oc2ccccc2)nc1. The van der Waals surface area contributed by atoms with E-state index in [1.807, 2.05) is 72.8 Å². The number of carbonyl (C=O) groups excluding carboxylic acids is 1. The summed E-state index contributed by atoms with van der Waals surface area (Å²) in [4.78, 5) is 21.2. The van der Waals surface area contributed by atoms with Gasteiger partial charge < -0.3 is 10.1 Å². The third kappa shape index (κ3) is 4.65. The molecule has 0 saturated carbocycles. The van der Waals surface area contributed by atoms with Crippen LogP contribution in [0.2, 0.25) is 0 Å². The number of aromatic nitrogens is 2. The van der Waals surface area contributed by atoms with E-state index in [-0.39, 0.29) is 11.9 Å². The minimum atomic E-state index is -0.285.